The normalized spacial score (nSPS) is 15.5. The number of nitrogens with zero attached hydrogens (tertiary/aromatic N) is 3. The second kappa shape index (κ2) is 8.07. The van der Waals surface area contributed by atoms with E-state index in [1.165, 1.54) is 12.3 Å². The van der Waals surface area contributed by atoms with Crippen LogP contribution in [-0.4, -0.2) is 53.6 Å². The second-order valence-corrected chi connectivity index (χ2v) is 5.73. The Bertz CT molecular complexity index is 576. The number of carbonyl (C=O) groups is 1. The molecule has 0 aliphatic carbocycles. The number of pyridine rings is 1. The van der Waals surface area contributed by atoms with Crippen molar-refractivity contribution >= 4 is 29.0 Å². The van der Waals surface area contributed by atoms with Crippen LogP contribution in [0.2, 0.25) is 5.02 Å². The fourth-order valence-corrected chi connectivity index (χ4v) is 2.66. The highest BCUT2D eigenvalue weighted by molar-refractivity contribution is 6.33. The van der Waals surface area contributed by atoms with Gasteiger partial charge in [-0.05, 0) is 12.8 Å². The molecule has 2 rings (SSSR count). The van der Waals surface area contributed by atoms with Gasteiger partial charge in [0.05, 0.1) is 23.0 Å². The van der Waals surface area contributed by atoms with Crippen molar-refractivity contribution in [1.82, 2.24) is 9.88 Å². The van der Waals surface area contributed by atoms with Gasteiger partial charge in [-0.3, -0.25) is 14.9 Å². The van der Waals surface area contributed by atoms with Gasteiger partial charge in [-0.1, -0.05) is 11.6 Å². The van der Waals surface area contributed by atoms with Gasteiger partial charge in [0.2, 0.25) is 5.91 Å². The highest BCUT2D eigenvalue weighted by atomic mass is 35.5. The maximum atomic E-state index is 11.9. The van der Waals surface area contributed by atoms with E-state index in [9.17, 15) is 14.9 Å². The number of amides is 1. The van der Waals surface area contributed by atoms with Crippen LogP contribution in [0.1, 0.15) is 19.3 Å². The van der Waals surface area contributed by atoms with E-state index < -0.39 is 4.92 Å². The van der Waals surface area contributed by atoms with Gasteiger partial charge in [0.1, 0.15) is 12.0 Å². The number of hydrogen-bond acceptors (Lipinski definition) is 6. The molecule has 1 aromatic rings. The van der Waals surface area contributed by atoms with Crippen LogP contribution in [-0.2, 0) is 9.53 Å². The maximum absolute atomic E-state index is 11.9. The molecule has 0 spiro atoms. The zero-order chi connectivity index (χ0) is 16.8. The minimum absolute atomic E-state index is 0.0943. The van der Waals surface area contributed by atoms with Gasteiger partial charge in [0, 0.05) is 32.3 Å². The van der Waals surface area contributed by atoms with Crippen molar-refractivity contribution < 1.29 is 14.5 Å². The maximum Gasteiger partial charge on any atom is 0.289 e. The van der Waals surface area contributed by atoms with Gasteiger partial charge in [0.25, 0.3) is 5.69 Å². The summed E-state index contributed by atoms with van der Waals surface area (Å²) < 4.78 is 4.91. The number of aromatic nitrogens is 1. The number of methoxy groups -OCH3 is 1. The standard InChI is InChI=1S/C14H19ClN4O4/c1-23-7-4-13(20)18-5-2-10(3-6-18)17-14-12(15)8-11(9-16-14)19(21)22/h8-10H,2-7H2,1H3,(H,16,17). The van der Waals surface area contributed by atoms with Gasteiger partial charge >= 0.3 is 0 Å². The lowest BCUT2D eigenvalue weighted by Gasteiger charge is -2.32. The third kappa shape index (κ3) is 4.77. The first kappa shape index (κ1) is 17.4. The van der Waals surface area contributed by atoms with Crippen molar-refractivity contribution in [3.63, 3.8) is 0 Å². The van der Waals surface area contributed by atoms with Crippen LogP contribution < -0.4 is 5.32 Å². The summed E-state index contributed by atoms with van der Waals surface area (Å²) >= 11 is 6.02. The van der Waals surface area contributed by atoms with Gasteiger partial charge in [0.15, 0.2) is 0 Å². The molecular weight excluding hydrogens is 324 g/mol. The summed E-state index contributed by atoms with van der Waals surface area (Å²) in [6, 6.07) is 1.41. The van der Waals surface area contributed by atoms with Gasteiger partial charge in [-0.25, -0.2) is 4.98 Å². The molecule has 0 atom stereocenters. The van der Waals surface area contributed by atoms with Crippen molar-refractivity contribution in [3.05, 3.63) is 27.4 Å². The Morgan fingerprint density at radius 1 is 1.57 bits per heavy atom. The summed E-state index contributed by atoms with van der Waals surface area (Å²) in [4.78, 5) is 27.9. The summed E-state index contributed by atoms with van der Waals surface area (Å²) in [7, 11) is 1.57. The second-order valence-electron chi connectivity index (χ2n) is 5.32. The number of halogens is 1. The molecular formula is C14H19ClN4O4. The highest BCUT2D eigenvalue weighted by Gasteiger charge is 2.23. The van der Waals surface area contributed by atoms with Crippen molar-refractivity contribution in [2.24, 2.45) is 0 Å². The number of rotatable bonds is 6. The van der Waals surface area contributed by atoms with Crippen molar-refractivity contribution in [3.8, 4) is 0 Å². The fourth-order valence-electron chi connectivity index (χ4n) is 2.45. The van der Waals surface area contributed by atoms with E-state index >= 15 is 0 Å². The number of likely N-dealkylation sites (tertiary alicyclic amines) is 1. The van der Waals surface area contributed by atoms with Crippen LogP contribution in [0, 0.1) is 10.1 Å². The SMILES string of the molecule is COCCC(=O)N1CCC(Nc2ncc([N+](=O)[O-])cc2Cl)CC1. The lowest BCUT2D eigenvalue weighted by Crippen LogP contribution is -2.42. The van der Waals surface area contributed by atoms with Crippen LogP contribution in [0.3, 0.4) is 0 Å². The predicted molar refractivity (Wildman–Crippen MR) is 85.6 cm³/mol. The summed E-state index contributed by atoms with van der Waals surface area (Å²) in [6.07, 6.45) is 3.11. The highest BCUT2D eigenvalue weighted by Crippen LogP contribution is 2.26. The van der Waals surface area contributed by atoms with E-state index in [0.29, 0.717) is 31.9 Å². The Morgan fingerprint density at radius 2 is 2.26 bits per heavy atom. The number of ether oxygens (including phenoxy) is 1. The molecule has 0 unspecified atom stereocenters. The number of piperidine rings is 1. The molecule has 1 aromatic heterocycles. The third-order valence-electron chi connectivity index (χ3n) is 3.75. The Hall–Kier alpha value is -1.93. The zero-order valence-electron chi connectivity index (χ0n) is 12.8. The molecule has 2 heterocycles. The predicted octanol–water partition coefficient (Wildman–Crippen LogP) is 2.08. The summed E-state index contributed by atoms with van der Waals surface area (Å²) in [5.41, 5.74) is -0.140. The molecule has 23 heavy (non-hydrogen) atoms. The van der Waals surface area contributed by atoms with E-state index in [4.69, 9.17) is 16.3 Å². The Balaban J connectivity index is 1.87. The number of nitrogens with one attached hydrogen (secondary N) is 1. The number of carbonyl (C=O) groups excluding carboxylic acids is 1. The number of anilines is 1. The molecule has 1 saturated heterocycles. The van der Waals surface area contributed by atoms with E-state index in [0.717, 1.165) is 12.8 Å². The fraction of sp³-hybridized carbons (Fsp3) is 0.571. The van der Waals surface area contributed by atoms with E-state index in [-0.39, 0.29) is 22.7 Å². The molecule has 0 bridgehead atoms. The molecule has 0 radical (unpaired) electrons. The minimum Gasteiger partial charge on any atom is -0.384 e. The van der Waals surface area contributed by atoms with Gasteiger partial charge < -0.3 is 15.0 Å². The molecule has 1 fully saturated rings. The van der Waals surface area contributed by atoms with Crippen LogP contribution in [0.15, 0.2) is 12.3 Å². The van der Waals surface area contributed by atoms with E-state index in [2.05, 4.69) is 10.3 Å². The first-order valence-electron chi connectivity index (χ1n) is 7.34. The topological polar surface area (TPSA) is 97.6 Å². The van der Waals surface area contributed by atoms with Gasteiger partial charge in [-0.2, -0.15) is 0 Å². The molecule has 1 amide bonds. The Kier molecular flexibility index (Phi) is 6.12. The van der Waals surface area contributed by atoms with Crippen LogP contribution in [0.4, 0.5) is 11.5 Å². The third-order valence-corrected chi connectivity index (χ3v) is 4.03. The lowest BCUT2D eigenvalue weighted by molar-refractivity contribution is -0.385. The largest absolute Gasteiger partial charge is 0.384 e. The monoisotopic (exact) mass is 342 g/mol. The van der Waals surface area contributed by atoms with Crippen LogP contribution in [0.5, 0.6) is 0 Å². The number of hydrogen-bond donors (Lipinski definition) is 1. The summed E-state index contributed by atoms with van der Waals surface area (Å²) in [5, 5.41) is 14.1. The van der Waals surface area contributed by atoms with E-state index in [1.54, 1.807) is 7.11 Å². The lowest BCUT2D eigenvalue weighted by atomic mass is 10.0. The molecule has 1 N–H and O–H groups in total. The smallest absolute Gasteiger partial charge is 0.289 e. The van der Waals surface area contributed by atoms with E-state index in [1.807, 2.05) is 4.90 Å². The number of nitro groups is 1. The average molecular weight is 343 g/mol. The Morgan fingerprint density at radius 3 is 2.83 bits per heavy atom. The quantitative estimate of drug-likeness (QED) is 0.628. The summed E-state index contributed by atoms with van der Waals surface area (Å²) in [6.45, 7) is 1.75. The molecule has 9 heteroatoms. The Labute approximate surface area is 138 Å². The van der Waals surface area contributed by atoms with Crippen LogP contribution in [0.25, 0.3) is 0 Å². The first-order chi connectivity index (χ1) is 11.0. The molecule has 126 valence electrons. The molecule has 0 saturated carbocycles. The van der Waals surface area contributed by atoms with Crippen molar-refractivity contribution in [2.75, 3.05) is 32.1 Å². The molecule has 1 aliphatic rings. The minimum atomic E-state index is -0.535. The van der Waals surface area contributed by atoms with Crippen LogP contribution >= 0.6 is 11.6 Å². The van der Waals surface area contributed by atoms with Crippen molar-refractivity contribution in [2.45, 2.75) is 25.3 Å². The zero-order valence-corrected chi connectivity index (χ0v) is 13.6. The van der Waals surface area contributed by atoms with Crippen molar-refractivity contribution in [1.29, 1.82) is 0 Å². The molecule has 1 aliphatic heterocycles. The average Bonchev–Trinajstić information content (AvgIpc) is 2.55. The first-order valence-corrected chi connectivity index (χ1v) is 7.72. The summed E-state index contributed by atoms with van der Waals surface area (Å²) in [5.74, 6) is 0.526. The molecule has 0 aromatic carbocycles. The molecule has 8 nitrogen and oxygen atoms in total. The van der Waals surface area contributed by atoms with Gasteiger partial charge in [-0.15, -0.1) is 0 Å².